The molecule has 3 atom stereocenters. The number of nitrogens with zero attached hydrogens (tertiary/aromatic N) is 2. The highest BCUT2D eigenvalue weighted by atomic mass is 16.2. The molecule has 2 aliphatic heterocycles. The van der Waals surface area contributed by atoms with Gasteiger partial charge in [0.25, 0.3) is 5.91 Å². The number of rotatable bonds is 2. The zero-order valence-electron chi connectivity index (χ0n) is 15.3. The third-order valence-corrected chi connectivity index (χ3v) is 6.27. The lowest BCUT2D eigenvalue weighted by Crippen LogP contribution is -2.54. The molecule has 1 saturated heterocycles. The Balaban J connectivity index is 1.55. The van der Waals surface area contributed by atoms with Crippen molar-refractivity contribution >= 4 is 23.5 Å². The largest absolute Gasteiger partial charge is 0.325 e. The lowest BCUT2D eigenvalue weighted by Gasteiger charge is -2.36. The first kappa shape index (κ1) is 17.1. The third-order valence-electron chi connectivity index (χ3n) is 6.27. The number of hydrogen-bond donors (Lipinski definition) is 1. The Hall–Kier alpha value is -2.37. The molecule has 26 heavy (non-hydrogen) atoms. The molecule has 1 saturated carbocycles. The summed E-state index contributed by atoms with van der Waals surface area (Å²) in [6, 6.07) is 7.41. The standard InChI is InChI=1S/C20H25N3O3/c1-13-7-5-6-10-20(13)18(25)22(19(26)21-20)12-17(24)23-14(2)11-15-8-3-4-9-16(15)23/h3-4,8-9,13-14H,5-7,10-12H2,1-2H3,(H,21,26)/t13-,14-,20-/m0/s1. The topological polar surface area (TPSA) is 69.7 Å². The number of imide groups is 1. The molecule has 2 heterocycles. The molecule has 4 amide bonds. The molecular weight excluding hydrogens is 330 g/mol. The van der Waals surface area contributed by atoms with Crippen LogP contribution < -0.4 is 10.2 Å². The molecule has 0 bridgehead atoms. The number of benzene rings is 1. The van der Waals surface area contributed by atoms with Gasteiger partial charge in [0.05, 0.1) is 0 Å². The first-order valence-electron chi connectivity index (χ1n) is 9.48. The van der Waals surface area contributed by atoms with Crippen molar-refractivity contribution in [2.24, 2.45) is 5.92 Å². The van der Waals surface area contributed by atoms with Gasteiger partial charge in [-0.2, -0.15) is 0 Å². The van der Waals surface area contributed by atoms with E-state index in [1.54, 1.807) is 4.90 Å². The van der Waals surface area contributed by atoms with Crippen LogP contribution in [0, 0.1) is 5.92 Å². The number of urea groups is 1. The lowest BCUT2D eigenvalue weighted by atomic mass is 9.73. The van der Waals surface area contributed by atoms with Crippen molar-refractivity contribution in [3.05, 3.63) is 29.8 Å². The number of amides is 4. The minimum Gasteiger partial charge on any atom is -0.323 e. The molecule has 0 unspecified atom stereocenters. The minimum absolute atomic E-state index is 0.0308. The highest BCUT2D eigenvalue weighted by Crippen LogP contribution is 2.38. The molecule has 1 aromatic rings. The van der Waals surface area contributed by atoms with Gasteiger partial charge in [0, 0.05) is 11.7 Å². The van der Waals surface area contributed by atoms with Gasteiger partial charge in [0.1, 0.15) is 12.1 Å². The summed E-state index contributed by atoms with van der Waals surface area (Å²) in [5.74, 6) is -0.339. The molecule has 4 rings (SSSR count). The number of hydrogen-bond acceptors (Lipinski definition) is 3. The fourth-order valence-electron chi connectivity index (χ4n) is 4.80. The van der Waals surface area contributed by atoms with Gasteiger partial charge in [-0.15, -0.1) is 0 Å². The second-order valence-electron chi connectivity index (χ2n) is 7.89. The van der Waals surface area contributed by atoms with E-state index in [-0.39, 0.29) is 30.3 Å². The van der Waals surface area contributed by atoms with Crippen LogP contribution in [-0.4, -0.2) is 40.9 Å². The fourth-order valence-corrected chi connectivity index (χ4v) is 4.80. The van der Waals surface area contributed by atoms with E-state index in [2.05, 4.69) is 5.32 Å². The van der Waals surface area contributed by atoms with E-state index in [4.69, 9.17) is 0 Å². The number of carbonyl (C=O) groups is 3. The van der Waals surface area contributed by atoms with E-state index < -0.39 is 11.6 Å². The van der Waals surface area contributed by atoms with Crippen LogP contribution in [0.3, 0.4) is 0 Å². The van der Waals surface area contributed by atoms with Crippen LogP contribution in [0.15, 0.2) is 24.3 Å². The average Bonchev–Trinajstić information content (AvgIpc) is 3.07. The second-order valence-corrected chi connectivity index (χ2v) is 7.89. The molecule has 0 radical (unpaired) electrons. The Morgan fingerprint density at radius 2 is 2.00 bits per heavy atom. The Morgan fingerprint density at radius 1 is 1.23 bits per heavy atom. The molecule has 1 N–H and O–H groups in total. The van der Waals surface area contributed by atoms with Gasteiger partial charge in [0.2, 0.25) is 5.91 Å². The first-order valence-corrected chi connectivity index (χ1v) is 9.48. The van der Waals surface area contributed by atoms with E-state index in [0.717, 1.165) is 41.8 Å². The maximum Gasteiger partial charge on any atom is 0.325 e. The zero-order chi connectivity index (χ0) is 18.5. The van der Waals surface area contributed by atoms with Crippen LogP contribution >= 0.6 is 0 Å². The molecule has 1 spiro atoms. The highest BCUT2D eigenvalue weighted by Gasteiger charge is 2.55. The van der Waals surface area contributed by atoms with Crippen molar-refractivity contribution < 1.29 is 14.4 Å². The normalized spacial score (nSPS) is 30.7. The molecule has 6 heteroatoms. The smallest absolute Gasteiger partial charge is 0.323 e. The van der Waals surface area contributed by atoms with Crippen molar-refractivity contribution in [1.82, 2.24) is 10.2 Å². The summed E-state index contributed by atoms with van der Waals surface area (Å²) in [5.41, 5.74) is 1.20. The molecule has 3 aliphatic rings. The molecular formula is C20H25N3O3. The molecule has 2 fully saturated rings. The molecule has 6 nitrogen and oxygen atoms in total. The maximum absolute atomic E-state index is 13.1. The number of carbonyl (C=O) groups excluding carboxylic acids is 3. The quantitative estimate of drug-likeness (QED) is 0.829. The summed E-state index contributed by atoms with van der Waals surface area (Å²) >= 11 is 0. The second kappa shape index (κ2) is 6.11. The van der Waals surface area contributed by atoms with Crippen molar-refractivity contribution in [3.63, 3.8) is 0 Å². The maximum atomic E-state index is 13.1. The lowest BCUT2D eigenvalue weighted by molar-refractivity contribution is -0.136. The van der Waals surface area contributed by atoms with Crippen LogP contribution in [0.1, 0.15) is 45.1 Å². The third kappa shape index (κ3) is 2.42. The molecule has 138 valence electrons. The monoisotopic (exact) mass is 355 g/mol. The molecule has 0 aromatic heterocycles. The molecule has 1 aliphatic carbocycles. The summed E-state index contributed by atoms with van der Waals surface area (Å²) in [5, 5.41) is 2.91. The number of fused-ring (bicyclic) bond motifs is 1. The summed E-state index contributed by atoms with van der Waals surface area (Å²) in [6.07, 6.45) is 4.38. The Kier molecular flexibility index (Phi) is 4.01. The van der Waals surface area contributed by atoms with Crippen LogP contribution in [0.4, 0.5) is 10.5 Å². The van der Waals surface area contributed by atoms with Gasteiger partial charge >= 0.3 is 6.03 Å². The van der Waals surface area contributed by atoms with E-state index in [9.17, 15) is 14.4 Å². The van der Waals surface area contributed by atoms with E-state index in [1.165, 1.54) is 0 Å². The van der Waals surface area contributed by atoms with Gasteiger partial charge in [0.15, 0.2) is 0 Å². The van der Waals surface area contributed by atoms with Gasteiger partial charge in [-0.05, 0) is 43.7 Å². The van der Waals surface area contributed by atoms with Crippen LogP contribution in [-0.2, 0) is 16.0 Å². The van der Waals surface area contributed by atoms with Crippen molar-refractivity contribution in [3.8, 4) is 0 Å². The average molecular weight is 355 g/mol. The fraction of sp³-hybridized carbons (Fsp3) is 0.550. The van der Waals surface area contributed by atoms with Gasteiger partial charge in [-0.25, -0.2) is 4.79 Å². The summed E-state index contributed by atoms with van der Waals surface area (Å²) < 4.78 is 0. The predicted octanol–water partition coefficient (Wildman–Crippen LogP) is 2.46. The summed E-state index contributed by atoms with van der Waals surface area (Å²) in [7, 11) is 0. The van der Waals surface area contributed by atoms with Gasteiger partial charge in [-0.3, -0.25) is 14.5 Å². The Morgan fingerprint density at radius 3 is 2.77 bits per heavy atom. The number of nitrogens with one attached hydrogen (secondary N) is 1. The zero-order valence-corrected chi connectivity index (χ0v) is 15.3. The van der Waals surface area contributed by atoms with Crippen LogP contribution in [0.5, 0.6) is 0 Å². The SMILES string of the molecule is C[C@H]1Cc2ccccc2N1C(=O)CN1C(=O)N[C@]2(CCCC[C@@H]2C)C1=O. The predicted molar refractivity (Wildman–Crippen MR) is 97.7 cm³/mol. The number of anilines is 1. The van der Waals surface area contributed by atoms with Gasteiger partial charge < -0.3 is 10.2 Å². The van der Waals surface area contributed by atoms with E-state index in [1.807, 2.05) is 38.1 Å². The Bertz CT molecular complexity index is 777. The van der Waals surface area contributed by atoms with Crippen molar-refractivity contribution in [1.29, 1.82) is 0 Å². The van der Waals surface area contributed by atoms with E-state index in [0.29, 0.717) is 6.42 Å². The molecule has 1 aromatic carbocycles. The van der Waals surface area contributed by atoms with E-state index >= 15 is 0 Å². The van der Waals surface area contributed by atoms with Crippen LogP contribution in [0.2, 0.25) is 0 Å². The summed E-state index contributed by atoms with van der Waals surface area (Å²) in [4.78, 5) is 41.4. The van der Waals surface area contributed by atoms with Gasteiger partial charge in [-0.1, -0.05) is 38.0 Å². The minimum atomic E-state index is -0.815. The summed E-state index contributed by atoms with van der Waals surface area (Å²) in [6.45, 7) is 3.81. The first-order chi connectivity index (χ1) is 12.4. The van der Waals surface area contributed by atoms with Crippen molar-refractivity contribution in [2.75, 3.05) is 11.4 Å². The Labute approximate surface area is 153 Å². The van der Waals surface area contributed by atoms with Crippen molar-refractivity contribution in [2.45, 2.75) is 57.5 Å². The van der Waals surface area contributed by atoms with Crippen LogP contribution in [0.25, 0.3) is 0 Å². The number of para-hydroxylation sites is 1. The highest BCUT2D eigenvalue weighted by molar-refractivity contribution is 6.11.